The Hall–Kier alpha value is -2.27. The summed E-state index contributed by atoms with van der Waals surface area (Å²) >= 11 is 3.34. The lowest BCUT2D eigenvalue weighted by atomic mass is 10.1. The minimum atomic E-state index is -0.478. The number of rotatable bonds is 2. The number of halogens is 1. The molecule has 98 valence electrons. The van der Waals surface area contributed by atoms with E-state index in [1.807, 2.05) is 6.07 Å². The van der Waals surface area contributed by atoms with Gasteiger partial charge in [0.25, 0.3) is 5.56 Å². The Morgan fingerprint density at radius 1 is 1.10 bits per heavy atom. The molecule has 0 unspecified atom stereocenters. The topological polar surface area (TPSA) is 62.8 Å². The molecule has 0 fully saturated rings. The number of H-pyrrole nitrogens is 1. The van der Waals surface area contributed by atoms with Crippen molar-refractivity contribution in [1.82, 2.24) is 9.97 Å². The molecule has 0 saturated carbocycles. The predicted molar refractivity (Wildman–Crippen MR) is 79.9 cm³/mol. The molecule has 4 nitrogen and oxygen atoms in total. The number of fused-ring (bicyclic) bond motifs is 1. The minimum absolute atomic E-state index is 0.0956. The van der Waals surface area contributed by atoms with Gasteiger partial charge in [-0.25, -0.2) is 4.98 Å². The van der Waals surface area contributed by atoms with Crippen LogP contribution in [0.5, 0.6) is 0 Å². The van der Waals surface area contributed by atoms with E-state index in [9.17, 15) is 9.59 Å². The number of carbonyl (C=O) groups is 1. The molecule has 2 aromatic carbocycles. The van der Waals surface area contributed by atoms with Crippen molar-refractivity contribution < 1.29 is 4.79 Å². The predicted octanol–water partition coefficient (Wildman–Crippen LogP) is 2.92. The van der Waals surface area contributed by atoms with Crippen molar-refractivity contribution >= 4 is 32.7 Å². The molecule has 1 N–H and O–H groups in total. The highest BCUT2D eigenvalue weighted by Gasteiger charge is 2.15. The van der Waals surface area contributed by atoms with Crippen LogP contribution in [0.25, 0.3) is 11.0 Å². The summed E-state index contributed by atoms with van der Waals surface area (Å²) in [4.78, 5) is 31.1. The summed E-state index contributed by atoms with van der Waals surface area (Å²) in [5.74, 6) is -0.381. The van der Waals surface area contributed by atoms with Crippen molar-refractivity contribution in [2.75, 3.05) is 0 Å². The van der Waals surface area contributed by atoms with Crippen LogP contribution in [0.3, 0.4) is 0 Å². The minimum Gasteiger partial charge on any atom is -0.319 e. The molecule has 5 heteroatoms. The van der Waals surface area contributed by atoms with E-state index in [1.54, 1.807) is 42.5 Å². The third kappa shape index (κ3) is 2.28. The van der Waals surface area contributed by atoms with Crippen LogP contribution in [0.4, 0.5) is 0 Å². The molecule has 1 aromatic heterocycles. The molecule has 0 radical (unpaired) electrons. The highest BCUT2D eigenvalue weighted by Crippen LogP contribution is 2.16. The lowest BCUT2D eigenvalue weighted by Crippen LogP contribution is -2.20. The molecule has 0 bridgehead atoms. The molecule has 0 saturated heterocycles. The number of aromatic nitrogens is 2. The zero-order chi connectivity index (χ0) is 14.1. The van der Waals surface area contributed by atoms with E-state index in [2.05, 4.69) is 25.9 Å². The van der Waals surface area contributed by atoms with Crippen LogP contribution in [0.1, 0.15) is 16.1 Å². The first-order valence-corrected chi connectivity index (χ1v) is 6.74. The molecular formula is C15H9BrN2O2. The third-order valence-electron chi connectivity index (χ3n) is 2.91. The summed E-state index contributed by atoms with van der Waals surface area (Å²) < 4.78 is 0.836. The van der Waals surface area contributed by atoms with Gasteiger partial charge in [0, 0.05) is 10.0 Å². The number of ketones is 1. The van der Waals surface area contributed by atoms with Gasteiger partial charge < -0.3 is 4.98 Å². The fourth-order valence-corrected chi connectivity index (χ4v) is 2.28. The zero-order valence-corrected chi connectivity index (χ0v) is 11.8. The summed E-state index contributed by atoms with van der Waals surface area (Å²) in [7, 11) is 0. The number of aromatic amines is 1. The molecule has 0 aliphatic carbocycles. The maximum Gasteiger partial charge on any atom is 0.278 e. The van der Waals surface area contributed by atoms with Crippen LogP contribution in [-0.2, 0) is 0 Å². The van der Waals surface area contributed by atoms with Gasteiger partial charge in [0.05, 0.1) is 11.0 Å². The van der Waals surface area contributed by atoms with Crippen LogP contribution < -0.4 is 5.56 Å². The van der Waals surface area contributed by atoms with Gasteiger partial charge in [-0.2, -0.15) is 0 Å². The fraction of sp³-hybridized carbons (Fsp3) is 0. The van der Waals surface area contributed by atoms with Crippen molar-refractivity contribution in [3.05, 3.63) is 74.6 Å². The molecular weight excluding hydrogens is 320 g/mol. The number of carbonyl (C=O) groups excluding carboxylic acids is 1. The Morgan fingerprint density at radius 2 is 1.85 bits per heavy atom. The Kier molecular flexibility index (Phi) is 3.20. The van der Waals surface area contributed by atoms with Gasteiger partial charge in [-0.05, 0) is 18.2 Å². The average Bonchev–Trinajstić information content (AvgIpc) is 2.47. The SMILES string of the molecule is O=C(c1ccccc1)c1nc2cc(Br)ccc2[nH]c1=O. The highest BCUT2D eigenvalue weighted by molar-refractivity contribution is 9.10. The number of nitrogens with zero attached hydrogens (tertiary/aromatic N) is 1. The molecule has 0 aliphatic rings. The maximum atomic E-state index is 12.3. The van der Waals surface area contributed by atoms with Gasteiger partial charge >= 0.3 is 0 Å². The largest absolute Gasteiger partial charge is 0.319 e. The zero-order valence-electron chi connectivity index (χ0n) is 10.3. The van der Waals surface area contributed by atoms with E-state index in [0.717, 1.165) is 4.47 Å². The summed E-state index contributed by atoms with van der Waals surface area (Å²) in [5.41, 5.74) is 1.04. The van der Waals surface area contributed by atoms with Gasteiger partial charge in [-0.1, -0.05) is 46.3 Å². The number of hydrogen-bond donors (Lipinski definition) is 1. The van der Waals surface area contributed by atoms with Crippen LogP contribution in [0.15, 0.2) is 57.8 Å². The number of benzene rings is 2. The van der Waals surface area contributed by atoms with Crippen molar-refractivity contribution in [2.24, 2.45) is 0 Å². The first-order chi connectivity index (χ1) is 9.65. The molecule has 0 atom stereocenters. The van der Waals surface area contributed by atoms with Crippen molar-refractivity contribution in [3.63, 3.8) is 0 Å². The monoisotopic (exact) mass is 328 g/mol. The first kappa shape index (κ1) is 12.7. The molecule has 0 amide bonds. The number of hydrogen-bond acceptors (Lipinski definition) is 3. The van der Waals surface area contributed by atoms with Crippen molar-refractivity contribution in [2.45, 2.75) is 0 Å². The normalized spacial score (nSPS) is 10.7. The smallest absolute Gasteiger partial charge is 0.278 e. The second kappa shape index (κ2) is 5.02. The van der Waals surface area contributed by atoms with Gasteiger partial charge in [0.15, 0.2) is 5.69 Å². The van der Waals surface area contributed by atoms with E-state index < -0.39 is 5.56 Å². The average molecular weight is 329 g/mol. The number of nitrogens with one attached hydrogen (secondary N) is 1. The molecule has 0 aliphatic heterocycles. The van der Waals surface area contributed by atoms with E-state index in [0.29, 0.717) is 16.6 Å². The van der Waals surface area contributed by atoms with Crippen LogP contribution in [0.2, 0.25) is 0 Å². The summed E-state index contributed by atoms with van der Waals surface area (Å²) in [6.45, 7) is 0. The summed E-state index contributed by atoms with van der Waals surface area (Å²) in [5, 5.41) is 0. The maximum absolute atomic E-state index is 12.3. The Morgan fingerprint density at radius 3 is 2.60 bits per heavy atom. The van der Waals surface area contributed by atoms with Crippen molar-refractivity contribution in [3.8, 4) is 0 Å². The lowest BCUT2D eigenvalue weighted by molar-refractivity contribution is 0.103. The summed E-state index contributed by atoms with van der Waals surface area (Å²) in [6, 6.07) is 13.9. The van der Waals surface area contributed by atoms with E-state index >= 15 is 0 Å². The quantitative estimate of drug-likeness (QED) is 0.736. The first-order valence-electron chi connectivity index (χ1n) is 5.94. The van der Waals surface area contributed by atoms with E-state index in [-0.39, 0.29) is 11.5 Å². The third-order valence-corrected chi connectivity index (χ3v) is 3.40. The second-order valence-corrected chi connectivity index (χ2v) is 5.19. The van der Waals surface area contributed by atoms with Gasteiger partial charge in [0.2, 0.25) is 5.78 Å². The van der Waals surface area contributed by atoms with E-state index in [1.165, 1.54) is 0 Å². The Balaban J connectivity index is 2.19. The van der Waals surface area contributed by atoms with Gasteiger partial charge in [-0.15, -0.1) is 0 Å². The van der Waals surface area contributed by atoms with E-state index in [4.69, 9.17) is 0 Å². The molecule has 1 heterocycles. The molecule has 0 spiro atoms. The summed E-state index contributed by atoms with van der Waals surface area (Å²) in [6.07, 6.45) is 0. The second-order valence-electron chi connectivity index (χ2n) is 4.27. The Labute approximate surface area is 122 Å². The fourth-order valence-electron chi connectivity index (χ4n) is 1.94. The highest BCUT2D eigenvalue weighted by atomic mass is 79.9. The molecule has 3 aromatic rings. The van der Waals surface area contributed by atoms with Gasteiger partial charge in [-0.3, -0.25) is 9.59 Å². The van der Waals surface area contributed by atoms with Crippen LogP contribution >= 0.6 is 15.9 Å². The van der Waals surface area contributed by atoms with Gasteiger partial charge in [0.1, 0.15) is 0 Å². The van der Waals surface area contributed by atoms with Crippen molar-refractivity contribution in [1.29, 1.82) is 0 Å². The molecule has 3 rings (SSSR count). The lowest BCUT2D eigenvalue weighted by Gasteiger charge is -2.02. The standard InChI is InChI=1S/C15H9BrN2O2/c16-10-6-7-11-12(8-10)17-13(15(20)18-11)14(19)9-4-2-1-3-5-9/h1-8H,(H,18,20). The molecule has 20 heavy (non-hydrogen) atoms. The van der Waals surface area contributed by atoms with Crippen LogP contribution in [-0.4, -0.2) is 15.8 Å². The Bertz CT molecular complexity index is 857. The van der Waals surface area contributed by atoms with Crippen LogP contribution in [0, 0.1) is 0 Å².